The van der Waals surface area contributed by atoms with Crippen LogP contribution >= 0.6 is 0 Å². The van der Waals surface area contributed by atoms with Gasteiger partial charge in [-0.1, -0.05) is 61.8 Å². The third-order valence-electron chi connectivity index (χ3n) is 7.96. The first kappa shape index (κ1) is 41.3. The summed E-state index contributed by atoms with van der Waals surface area (Å²) in [5.74, 6) is -1.84. The van der Waals surface area contributed by atoms with Gasteiger partial charge in [-0.3, -0.25) is 29.2 Å². The molecule has 5 amide bonds. The lowest BCUT2D eigenvalue weighted by Gasteiger charge is -2.29. The van der Waals surface area contributed by atoms with Crippen LogP contribution in [0.15, 0.2) is 24.5 Å². The zero-order valence-electron chi connectivity index (χ0n) is 30.0. The van der Waals surface area contributed by atoms with E-state index in [9.17, 15) is 29.2 Å². The van der Waals surface area contributed by atoms with Crippen LogP contribution < -0.4 is 36.6 Å². The molecule has 7 N–H and O–H groups in total. The van der Waals surface area contributed by atoms with Gasteiger partial charge in [-0.25, -0.2) is 0 Å². The SMILES string of the molecule is CCNC(=O)C(NC(=O)[C@H](C)NCC(CC(C)C)NC(=O)[C@H](CC(C)C)NC(=O)C(NC(=O)c1cc[n+](O)cc1)[C@@H](C)CC)C(C)C. The van der Waals surface area contributed by atoms with Gasteiger partial charge in [-0.15, -0.1) is 0 Å². The number of hydrogen-bond donors (Lipinski definition) is 7. The minimum Gasteiger partial charge on any atom is -0.355 e. The predicted octanol–water partition coefficient (Wildman–Crippen LogP) is 1.67. The fourth-order valence-electron chi connectivity index (χ4n) is 5.03. The van der Waals surface area contributed by atoms with E-state index < -0.39 is 36.0 Å². The van der Waals surface area contributed by atoms with Crippen molar-refractivity contribution in [3.05, 3.63) is 30.1 Å². The van der Waals surface area contributed by atoms with E-state index in [0.717, 1.165) is 4.73 Å². The Balaban J connectivity index is 3.04. The van der Waals surface area contributed by atoms with Crippen molar-refractivity contribution in [1.29, 1.82) is 0 Å². The van der Waals surface area contributed by atoms with Crippen molar-refractivity contribution in [3.8, 4) is 0 Å². The summed E-state index contributed by atoms with van der Waals surface area (Å²) < 4.78 is 0.818. The third-order valence-corrected chi connectivity index (χ3v) is 7.96. The van der Waals surface area contributed by atoms with Crippen molar-refractivity contribution in [2.45, 2.75) is 119 Å². The Morgan fingerprint density at radius 1 is 0.723 bits per heavy atom. The van der Waals surface area contributed by atoms with Crippen LogP contribution in [0.25, 0.3) is 0 Å². The second kappa shape index (κ2) is 20.5. The number of nitrogens with one attached hydrogen (secondary N) is 6. The lowest BCUT2D eigenvalue weighted by atomic mass is 9.96. The van der Waals surface area contributed by atoms with E-state index in [2.05, 4.69) is 31.9 Å². The van der Waals surface area contributed by atoms with Crippen molar-refractivity contribution in [1.82, 2.24) is 31.9 Å². The van der Waals surface area contributed by atoms with Crippen LogP contribution in [0, 0.1) is 23.7 Å². The van der Waals surface area contributed by atoms with Gasteiger partial charge < -0.3 is 31.9 Å². The number of rotatable bonds is 20. The quantitative estimate of drug-likeness (QED) is 0.0819. The first-order valence-corrected chi connectivity index (χ1v) is 16.9. The smallest absolute Gasteiger partial charge is 0.252 e. The van der Waals surface area contributed by atoms with Crippen LogP contribution in [-0.4, -0.2) is 78.0 Å². The van der Waals surface area contributed by atoms with Gasteiger partial charge in [0.1, 0.15) is 18.1 Å². The Labute approximate surface area is 280 Å². The maximum absolute atomic E-state index is 13.7. The van der Waals surface area contributed by atoms with Gasteiger partial charge in [0.2, 0.25) is 36.0 Å². The molecule has 6 atom stereocenters. The maximum atomic E-state index is 13.7. The van der Waals surface area contributed by atoms with Gasteiger partial charge in [0, 0.05) is 36.0 Å². The van der Waals surface area contributed by atoms with Crippen molar-refractivity contribution in [2.75, 3.05) is 13.1 Å². The highest BCUT2D eigenvalue weighted by Gasteiger charge is 2.32. The maximum Gasteiger partial charge on any atom is 0.252 e. The summed E-state index contributed by atoms with van der Waals surface area (Å²) in [6.07, 6.45) is 4.25. The molecule has 0 fully saturated rings. The molecular weight excluding hydrogens is 602 g/mol. The Morgan fingerprint density at radius 3 is 1.83 bits per heavy atom. The molecule has 0 saturated carbocycles. The van der Waals surface area contributed by atoms with Gasteiger partial charge in [0.15, 0.2) is 0 Å². The molecule has 1 rings (SSSR count). The Bertz CT molecular complexity index is 1160. The lowest BCUT2D eigenvalue weighted by molar-refractivity contribution is -0.904. The second-order valence-electron chi connectivity index (χ2n) is 13.6. The summed E-state index contributed by atoms with van der Waals surface area (Å²) in [6.45, 7) is 19.8. The molecule has 13 heteroatoms. The molecule has 1 heterocycles. The molecule has 1 aromatic heterocycles. The zero-order valence-corrected chi connectivity index (χ0v) is 30.0. The first-order chi connectivity index (χ1) is 22.0. The van der Waals surface area contributed by atoms with Crippen LogP contribution in [0.3, 0.4) is 0 Å². The molecule has 13 nitrogen and oxygen atoms in total. The average molecular weight is 663 g/mol. The van der Waals surface area contributed by atoms with Gasteiger partial charge in [0.25, 0.3) is 5.91 Å². The number of likely N-dealkylation sites (N-methyl/N-ethyl adjacent to an activating group) is 1. The van der Waals surface area contributed by atoms with Gasteiger partial charge in [0.05, 0.1) is 11.6 Å². The number of aromatic nitrogens is 1. The molecule has 0 bridgehead atoms. The standard InChI is InChI=1S/C34H59N7O6/c1-11-23(9)29(40-31(43)25-13-15-41(47)16-14-25)34(46)38-27(18-21(5)6)32(44)37-26(17-20(3)4)19-36-24(10)30(42)39-28(22(7)8)33(45)35-12-2/h13-16,20-24,26-29,36H,11-12,17-19H2,1-10H3,(H5-,35,37,38,39,40,42,43,44,45,46,47)/p+1/t23-,24-,26?,27-,28?,29?/m0/s1. The largest absolute Gasteiger partial charge is 0.355 e. The van der Waals surface area contributed by atoms with Crippen LogP contribution in [0.2, 0.25) is 0 Å². The fourth-order valence-corrected chi connectivity index (χ4v) is 5.03. The lowest BCUT2D eigenvalue weighted by Crippen LogP contribution is -2.58. The van der Waals surface area contributed by atoms with E-state index in [1.165, 1.54) is 24.5 Å². The number of nitrogens with zero attached hydrogens (tertiary/aromatic N) is 1. The molecule has 0 radical (unpaired) electrons. The summed E-state index contributed by atoms with van der Waals surface area (Å²) >= 11 is 0. The number of carbonyl (C=O) groups excluding carboxylic acids is 5. The van der Waals surface area contributed by atoms with E-state index in [1.807, 2.05) is 62.3 Å². The van der Waals surface area contributed by atoms with E-state index >= 15 is 0 Å². The number of carbonyl (C=O) groups is 5. The van der Waals surface area contributed by atoms with Gasteiger partial charge in [-0.2, -0.15) is 0 Å². The second-order valence-corrected chi connectivity index (χ2v) is 13.6. The van der Waals surface area contributed by atoms with Gasteiger partial charge >= 0.3 is 0 Å². The molecule has 0 aliphatic carbocycles. The molecule has 0 aliphatic rings. The summed E-state index contributed by atoms with van der Waals surface area (Å²) in [7, 11) is 0. The van der Waals surface area contributed by atoms with Crippen molar-refractivity contribution < 1.29 is 33.9 Å². The molecule has 0 aliphatic heterocycles. The molecule has 0 spiro atoms. The minimum atomic E-state index is -0.891. The van der Waals surface area contributed by atoms with Crippen LogP contribution in [0.5, 0.6) is 0 Å². The van der Waals surface area contributed by atoms with Crippen molar-refractivity contribution >= 4 is 29.5 Å². The molecule has 0 saturated heterocycles. The van der Waals surface area contributed by atoms with E-state index in [0.29, 0.717) is 32.4 Å². The summed E-state index contributed by atoms with van der Waals surface area (Å²) in [6, 6.07) is -0.498. The fraction of sp³-hybridized carbons (Fsp3) is 0.706. The molecule has 0 aromatic carbocycles. The summed E-state index contributed by atoms with van der Waals surface area (Å²) in [5.41, 5.74) is 0.281. The molecule has 47 heavy (non-hydrogen) atoms. The number of hydrogen-bond acceptors (Lipinski definition) is 7. The summed E-state index contributed by atoms with van der Waals surface area (Å²) in [5, 5.41) is 27.0. The van der Waals surface area contributed by atoms with Crippen LogP contribution in [0.4, 0.5) is 0 Å². The third kappa shape index (κ3) is 14.7. The van der Waals surface area contributed by atoms with E-state index in [1.54, 1.807) is 6.92 Å². The van der Waals surface area contributed by atoms with Gasteiger partial charge in [-0.05, 0) is 50.4 Å². The predicted molar refractivity (Wildman–Crippen MR) is 180 cm³/mol. The monoisotopic (exact) mass is 662 g/mol. The Kier molecular flexibility index (Phi) is 18.0. The zero-order chi connectivity index (χ0) is 35.8. The Hall–Kier alpha value is -3.74. The highest BCUT2D eigenvalue weighted by atomic mass is 16.5. The van der Waals surface area contributed by atoms with E-state index in [-0.39, 0.29) is 53.0 Å². The molecule has 266 valence electrons. The molecule has 1 aromatic rings. The van der Waals surface area contributed by atoms with Crippen molar-refractivity contribution in [2.24, 2.45) is 23.7 Å². The highest BCUT2D eigenvalue weighted by Crippen LogP contribution is 2.13. The first-order valence-electron chi connectivity index (χ1n) is 16.9. The highest BCUT2D eigenvalue weighted by molar-refractivity contribution is 5.98. The minimum absolute atomic E-state index is 0.0846. The van der Waals surface area contributed by atoms with Crippen LogP contribution in [-0.2, 0) is 19.2 Å². The van der Waals surface area contributed by atoms with Crippen LogP contribution in [0.1, 0.15) is 98.9 Å². The normalized spacial score (nSPS) is 15.3. The Morgan fingerprint density at radius 2 is 1.32 bits per heavy atom. The molecular formula is C34H60N7O6+. The topological polar surface area (TPSA) is 182 Å². The number of pyridine rings is 1. The molecule has 3 unspecified atom stereocenters. The van der Waals surface area contributed by atoms with Crippen molar-refractivity contribution in [3.63, 3.8) is 0 Å². The summed E-state index contributed by atoms with van der Waals surface area (Å²) in [4.78, 5) is 65.7. The average Bonchev–Trinajstić information content (AvgIpc) is 2.99. The number of amides is 5. The van der Waals surface area contributed by atoms with E-state index in [4.69, 9.17) is 0 Å².